The number of nitrogens with zero attached hydrogens (tertiary/aromatic N) is 1. The van der Waals surface area contributed by atoms with Crippen LogP contribution in [0.1, 0.15) is 27.8 Å². The van der Waals surface area contributed by atoms with Crippen LogP contribution in [0.2, 0.25) is 0 Å². The van der Waals surface area contributed by atoms with Crippen LogP contribution in [0.25, 0.3) is 10.9 Å². The Morgan fingerprint density at radius 1 is 1.08 bits per heavy atom. The zero-order chi connectivity index (χ0) is 18.8. The summed E-state index contributed by atoms with van der Waals surface area (Å²) >= 11 is 0. The van der Waals surface area contributed by atoms with Gasteiger partial charge in [-0.25, -0.2) is 4.79 Å². The number of fused-ring (bicyclic) bond motifs is 1. The van der Waals surface area contributed by atoms with E-state index in [0.717, 1.165) is 5.52 Å². The van der Waals surface area contributed by atoms with Gasteiger partial charge in [-0.2, -0.15) is 0 Å². The van der Waals surface area contributed by atoms with Gasteiger partial charge in [-0.1, -0.05) is 12.1 Å². The first-order valence-corrected chi connectivity index (χ1v) is 7.78. The van der Waals surface area contributed by atoms with E-state index < -0.39 is 17.8 Å². The van der Waals surface area contributed by atoms with E-state index in [1.54, 1.807) is 54.1 Å². The van der Waals surface area contributed by atoms with Crippen molar-refractivity contribution in [1.82, 2.24) is 4.57 Å². The first-order valence-electron chi connectivity index (χ1n) is 7.78. The van der Waals surface area contributed by atoms with Gasteiger partial charge >= 0.3 is 11.9 Å². The molecule has 0 unspecified atom stereocenters. The fraction of sp³-hybridized carbons (Fsp3) is 0.105. The average Bonchev–Trinajstić information content (AvgIpc) is 2.91. The number of hydrogen-bond acceptors (Lipinski definition) is 4. The highest BCUT2D eigenvalue weighted by Crippen LogP contribution is 2.24. The van der Waals surface area contributed by atoms with E-state index in [1.807, 2.05) is 0 Å². The van der Waals surface area contributed by atoms with Crippen molar-refractivity contribution >= 4 is 34.4 Å². The highest BCUT2D eigenvalue weighted by molar-refractivity contribution is 6.07. The number of rotatable bonds is 4. The lowest BCUT2D eigenvalue weighted by atomic mass is 10.1. The number of carboxylic acids is 1. The number of amides is 1. The van der Waals surface area contributed by atoms with Gasteiger partial charge in [0.2, 0.25) is 0 Å². The van der Waals surface area contributed by atoms with Crippen LogP contribution in [-0.2, 0) is 11.8 Å². The Kier molecular flexibility index (Phi) is 4.45. The Morgan fingerprint density at radius 2 is 1.81 bits per heavy atom. The van der Waals surface area contributed by atoms with Crippen molar-refractivity contribution < 1.29 is 24.2 Å². The Morgan fingerprint density at radius 3 is 2.50 bits per heavy atom. The highest BCUT2D eigenvalue weighted by Gasteiger charge is 2.15. The third-order valence-electron chi connectivity index (χ3n) is 3.90. The maximum absolute atomic E-state index is 12.5. The lowest BCUT2D eigenvalue weighted by molar-refractivity contribution is -0.131. The number of carbonyl (C=O) groups is 3. The molecule has 0 radical (unpaired) electrons. The summed E-state index contributed by atoms with van der Waals surface area (Å²) in [6, 6.07) is 13.1. The lowest BCUT2D eigenvalue weighted by Crippen LogP contribution is -2.14. The fourth-order valence-corrected chi connectivity index (χ4v) is 2.73. The molecule has 1 heterocycles. The molecule has 1 amide bonds. The van der Waals surface area contributed by atoms with Crippen molar-refractivity contribution in [2.24, 2.45) is 7.05 Å². The molecular formula is C19H16N2O5. The summed E-state index contributed by atoms with van der Waals surface area (Å²) in [5, 5.41) is 12.6. The second-order valence-electron chi connectivity index (χ2n) is 5.71. The molecule has 132 valence electrons. The van der Waals surface area contributed by atoms with Gasteiger partial charge in [0.05, 0.1) is 5.56 Å². The number of benzene rings is 2. The molecule has 7 nitrogen and oxygen atoms in total. The smallest absolute Gasteiger partial charge is 0.352 e. The molecule has 0 spiro atoms. The Bertz CT molecular complexity index is 1040. The van der Waals surface area contributed by atoms with E-state index in [0.29, 0.717) is 11.1 Å². The van der Waals surface area contributed by atoms with Gasteiger partial charge in [0.1, 0.15) is 11.4 Å². The summed E-state index contributed by atoms with van der Waals surface area (Å²) in [4.78, 5) is 34.9. The van der Waals surface area contributed by atoms with Gasteiger partial charge in [-0.05, 0) is 36.4 Å². The van der Waals surface area contributed by atoms with Crippen molar-refractivity contribution in [3.63, 3.8) is 0 Å². The molecule has 0 aliphatic rings. The third-order valence-corrected chi connectivity index (χ3v) is 3.90. The molecule has 2 aromatic carbocycles. The third kappa shape index (κ3) is 3.27. The molecule has 3 aromatic rings. The summed E-state index contributed by atoms with van der Waals surface area (Å²) in [7, 11) is 1.67. The second kappa shape index (κ2) is 6.72. The predicted molar refractivity (Wildman–Crippen MR) is 95.6 cm³/mol. The first kappa shape index (κ1) is 17.2. The Balaban J connectivity index is 1.91. The lowest BCUT2D eigenvalue weighted by Gasteiger charge is -2.10. The van der Waals surface area contributed by atoms with E-state index in [2.05, 4.69) is 5.32 Å². The summed E-state index contributed by atoms with van der Waals surface area (Å²) in [5.74, 6) is -1.80. The summed E-state index contributed by atoms with van der Waals surface area (Å²) < 4.78 is 6.62. The van der Waals surface area contributed by atoms with Gasteiger partial charge in [-0.15, -0.1) is 0 Å². The fourth-order valence-electron chi connectivity index (χ4n) is 2.73. The topological polar surface area (TPSA) is 97.6 Å². The number of carbonyl (C=O) groups excluding carboxylic acids is 2. The van der Waals surface area contributed by atoms with Crippen molar-refractivity contribution in [2.45, 2.75) is 6.92 Å². The molecule has 0 bridgehead atoms. The SMILES string of the molecule is CC(=O)Oc1ccccc1C(=O)Nc1ccc2c(c1)cc(C(=O)O)n2C. The van der Waals surface area contributed by atoms with E-state index in [4.69, 9.17) is 4.74 Å². The molecule has 0 saturated carbocycles. The molecule has 1 aromatic heterocycles. The molecule has 2 N–H and O–H groups in total. The van der Waals surface area contributed by atoms with Crippen molar-refractivity contribution in [3.05, 3.63) is 59.8 Å². The average molecular weight is 352 g/mol. The molecule has 0 aliphatic heterocycles. The van der Waals surface area contributed by atoms with Crippen molar-refractivity contribution in [2.75, 3.05) is 5.32 Å². The quantitative estimate of drug-likeness (QED) is 0.555. The van der Waals surface area contributed by atoms with E-state index >= 15 is 0 Å². The highest BCUT2D eigenvalue weighted by atomic mass is 16.5. The molecule has 0 saturated heterocycles. The summed E-state index contributed by atoms with van der Waals surface area (Å²) in [6.45, 7) is 1.26. The largest absolute Gasteiger partial charge is 0.477 e. The van der Waals surface area contributed by atoms with Crippen LogP contribution in [0.15, 0.2) is 48.5 Å². The monoisotopic (exact) mass is 352 g/mol. The van der Waals surface area contributed by atoms with E-state index in [1.165, 1.54) is 13.0 Å². The number of para-hydroxylation sites is 1. The van der Waals surface area contributed by atoms with Crippen LogP contribution in [0.5, 0.6) is 5.75 Å². The minimum Gasteiger partial charge on any atom is -0.477 e. The van der Waals surface area contributed by atoms with Crippen LogP contribution in [-0.4, -0.2) is 27.5 Å². The molecule has 0 atom stereocenters. The molecule has 0 fully saturated rings. The van der Waals surface area contributed by atoms with Crippen LogP contribution in [0, 0.1) is 0 Å². The van der Waals surface area contributed by atoms with Crippen LogP contribution in [0.3, 0.4) is 0 Å². The maximum Gasteiger partial charge on any atom is 0.352 e. The number of hydrogen-bond donors (Lipinski definition) is 2. The van der Waals surface area contributed by atoms with Crippen LogP contribution in [0.4, 0.5) is 5.69 Å². The normalized spacial score (nSPS) is 10.5. The van der Waals surface area contributed by atoms with Crippen molar-refractivity contribution in [3.8, 4) is 5.75 Å². The number of esters is 1. The summed E-state index contributed by atoms with van der Waals surface area (Å²) in [5.41, 5.74) is 1.62. The molecule has 7 heteroatoms. The minimum atomic E-state index is -1.02. The molecular weight excluding hydrogens is 336 g/mol. The number of aryl methyl sites for hydroxylation is 1. The molecule has 26 heavy (non-hydrogen) atoms. The van der Waals surface area contributed by atoms with Gasteiger partial charge in [0, 0.05) is 30.6 Å². The Hall–Kier alpha value is -3.61. The van der Waals surface area contributed by atoms with Gasteiger partial charge < -0.3 is 19.7 Å². The Labute approximate surface area is 148 Å². The molecule has 3 rings (SSSR count). The van der Waals surface area contributed by atoms with Gasteiger partial charge in [-0.3, -0.25) is 9.59 Å². The second-order valence-corrected chi connectivity index (χ2v) is 5.71. The van der Waals surface area contributed by atoms with E-state index in [9.17, 15) is 19.5 Å². The van der Waals surface area contributed by atoms with Crippen molar-refractivity contribution in [1.29, 1.82) is 0 Å². The summed E-state index contributed by atoms with van der Waals surface area (Å²) in [6.07, 6.45) is 0. The first-order chi connectivity index (χ1) is 12.4. The molecule has 0 aliphatic carbocycles. The predicted octanol–water partition coefficient (Wildman–Crippen LogP) is 3.05. The number of anilines is 1. The van der Waals surface area contributed by atoms with E-state index in [-0.39, 0.29) is 17.0 Å². The van der Waals surface area contributed by atoms with Crippen LogP contribution >= 0.6 is 0 Å². The standard InChI is InChI=1S/C19H16N2O5/c1-11(22)26-17-6-4-3-5-14(17)18(23)20-13-7-8-15-12(9-13)10-16(19(24)25)21(15)2/h3-10H,1-2H3,(H,20,23)(H,24,25). The maximum atomic E-state index is 12.5. The number of aromatic nitrogens is 1. The minimum absolute atomic E-state index is 0.156. The number of nitrogens with one attached hydrogen (secondary N) is 1. The van der Waals surface area contributed by atoms with Crippen LogP contribution < -0.4 is 10.1 Å². The number of carboxylic acid groups (broad SMARTS) is 1. The number of aromatic carboxylic acids is 1. The number of ether oxygens (including phenoxy) is 1. The van der Waals surface area contributed by atoms with Gasteiger partial charge in [0.25, 0.3) is 5.91 Å². The van der Waals surface area contributed by atoms with Gasteiger partial charge in [0.15, 0.2) is 0 Å². The zero-order valence-corrected chi connectivity index (χ0v) is 14.1. The zero-order valence-electron chi connectivity index (χ0n) is 14.1.